The highest BCUT2D eigenvalue weighted by atomic mass is 35.5. The predicted molar refractivity (Wildman–Crippen MR) is 127 cm³/mol. The number of hydrogen-bond acceptors (Lipinski definition) is 8. The molecular formula is C22H26ClF2N3O8S. The maximum absolute atomic E-state index is 14.7. The second-order valence-corrected chi connectivity index (χ2v) is 9.71. The lowest BCUT2D eigenvalue weighted by molar-refractivity contribution is -0.129. The number of carbonyl (C=O) groups excluding carboxylic acids is 2. The third-order valence-electron chi connectivity index (χ3n) is 4.86. The number of nitrogens with zero attached hydrogens (tertiary/aromatic N) is 2. The van der Waals surface area contributed by atoms with Crippen molar-refractivity contribution >= 4 is 33.6 Å². The van der Waals surface area contributed by atoms with Gasteiger partial charge in [-0.3, -0.25) is 10.0 Å². The molecule has 0 unspecified atom stereocenters. The summed E-state index contributed by atoms with van der Waals surface area (Å²) in [7, 11) is -3.27. The topological polar surface area (TPSA) is 135 Å². The Kier molecular flexibility index (Phi) is 11.5. The molecule has 0 aliphatic rings. The van der Waals surface area contributed by atoms with Gasteiger partial charge in [-0.15, -0.1) is 0 Å². The molecule has 0 heterocycles. The summed E-state index contributed by atoms with van der Waals surface area (Å²) < 4.78 is 71.4. The minimum atomic E-state index is -4.69. The summed E-state index contributed by atoms with van der Waals surface area (Å²) in [6.45, 7) is 0.256. The van der Waals surface area contributed by atoms with Gasteiger partial charge < -0.3 is 19.1 Å². The van der Waals surface area contributed by atoms with Crippen LogP contribution >= 0.6 is 11.6 Å². The number of ether oxygens (including phenoxy) is 3. The van der Waals surface area contributed by atoms with E-state index in [1.165, 1.54) is 36.9 Å². The number of sulfonamides is 1. The van der Waals surface area contributed by atoms with Crippen LogP contribution in [0.15, 0.2) is 41.3 Å². The normalized spacial score (nSPS) is 11.3. The summed E-state index contributed by atoms with van der Waals surface area (Å²) in [5.74, 6) is -4.56. The molecule has 0 saturated carbocycles. The molecule has 0 spiro atoms. The number of hydroxylamine groups is 1. The van der Waals surface area contributed by atoms with E-state index in [1.54, 1.807) is 6.92 Å². The van der Waals surface area contributed by atoms with Gasteiger partial charge >= 0.3 is 6.09 Å². The van der Waals surface area contributed by atoms with Crippen molar-refractivity contribution in [2.45, 2.75) is 11.8 Å². The Bertz CT molecular complexity index is 1160. The quantitative estimate of drug-likeness (QED) is 0.215. The average Bonchev–Trinajstić information content (AvgIpc) is 2.86. The number of nitrogens with one attached hydrogen (secondary N) is 1. The summed E-state index contributed by atoms with van der Waals surface area (Å²) in [6.07, 6.45) is -0.760. The van der Waals surface area contributed by atoms with E-state index in [0.29, 0.717) is 21.5 Å². The first-order chi connectivity index (χ1) is 17.5. The number of rotatable bonds is 13. The van der Waals surface area contributed by atoms with Crippen molar-refractivity contribution < 1.29 is 46.2 Å². The molecule has 2 amide bonds. The highest BCUT2D eigenvalue weighted by molar-refractivity contribution is 7.89. The average molecular weight is 566 g/mol. The van der Waals surface area contributed by atoms with Crippen LogP contribution in [0.1, 0.15) is 6.92 Å². The van der Waals surface area contributed by atoms with E-state index in [0.717, 1.165) is 4.90 Å². The van der Waals surface area contributed by atoms with Gasteiger partial charge in [0.15, 0.2) is 17.4 Å². The minimum Gasteiger partial charge on any atom is -0.451 e. The maximum Gasteiger partial charge on any atom is 0.409 e. The lowest BCUT2D eigenvalue weighted by atomic mass is 10.3. The SMILES string of the molecule is CCN(CCN(CC(=O)NO)S(=O)(=O)c1cc(F)c(Oc2ccc(Cl)cc2)c(F)c1)C(=O)OCCOC. The summed E-state index contributed by atoms with van der Waals surface area (Å²) in [4.78, 5) is 24.3. The largest absolute Gasteiger partial charge is 0.451 e. The van der Waals surface area contributed by atoms with E-state index in [-0.39, 0.29) is 32.1 Å². The van der Waals surface area contributed by atoms with Crippen LogP contribution in [-0.2, 0) is 24.3 Å². The Morgan fingerprint density at radius 3 is 2.24 bits per heavy atom. The Labute approximate surface area is 217 Å². The first-order valence-corrected chi connectivity index (χ1v) is 12.6. The van der Waals surface area contributed by atoms with Crippen molar-refractivity contribution in [3.63, 3.8) is 0 Å². The van der Waals surface area contributed by atoms with Crippen LogP contribution < -0.4 is 10.2 Å². The van der Waals surface area contributed by atoms with Gasteiger partial charge in [0.2, 0.25) is 10.0 Å². The van der Waals surface area contributed by atoms with E-state index in [4.69, 9.17) is 31.0 Å². The third kappa shape index (κ3) is 8.50. The molecule has 0 aliphatic carbocycles. The smallest absolute Gasteiger partial charge is 0.409 e. The summed E-state index contributed by atoms with van der Waals surface area (Å²) >= 11 is 5.77. The van der Waals surface area contributed by atoms with Gasteiger partial charge in [-0.05, 0) is 43.3 Å². The molecule has 204 valence electrons. The molecule has 0 atom stereocenters. The summed E-state index contributed by atoms with van der Waals surface area (Å²) in [5.41, 5.74) is 1.30. The van der Waals surface area contributed by atoms with Gasteiger partial charge in [0, 0.05) is 31.8 Å². The summed E-state index contributed by atoms with van der Waals surface area (Å²) in [5, 5.41) is 9.24. The van der Waals surface area contributed by atoms with Gasteiger partial charge in [0.25, 0.3) is 5.91 Å². The van der Waals surface area contributed by atoms with Crippen LogP contribution in [0.5, 0.6) is 11.5 Å². The molecule has 2 aromatic carbocycles. The van der Waals surface area contributed by atoms with Crippen molar-refractivity contribution in [3.05, 3.63) is 53.1 Å². The monoisotopic (exact) mass is 565 g/mol. The van der Waals surface area contributed by atoms with Gasteiger partial charge in [0.1, 0.15) is 12.4 Å². The van der Waals surface area contributed by atoms with Gasteiger partial charge in [-0.25, -0.2) is 27.5 Å². The van der Waals surface area contributed by atoms with E-state index in [9.17, 15) is 26.8 Å². The zero-order valence-corrected chi connectivity index (χ0v) is 21.5. The van der Waals surface area contributed by atoms with E-state index in [2.05, 4.69) is 0 Å². The fourth-order valence-electron chi connectivity index (χ4n) is 2.95. The molecule has 0 bridgehead atoms. The molecule has 15 heteroatoms. The van der Waals surface area contributed by atoms with E-state index < -0.39 is 57.4 Å². The molecule has 0 saturated heterocycles. The second-order valence-electron chi connectivity index (χ2n) is 7.33. The summed E-state index contributed by atoms with van der Waals surface area (Å²) in [6, 6.07) is 6.65. The van der Waals surface area contributed by atoms with Gasteiger partial charge in [-0.2, -0.15) is 4.31 Å². The highest BCUT2D eigenvalue weighted by Gasteiger charge is 2.30. The number of benzene rings is 2. The van der Waals surface area contributed by atoms with E-state index in [1.807, 2.05) is 0 Å². The Hall–Kier alpha value is -3.04. The number of methoxy groups -OCH3 is 1. The number of amides is 2. The fourth-order valence-corrected chi connectivity index (χ4v) is 4.48. The lowest BCUT2D eigenvalue weighted by Gasteiger charge is -2.26. The zero-order chi connectivity index (χ0) is 27.6. The molecule has 2 rings (SSSR count). The van der Waals surface area contributed by atoms with Crippen LogP contribution in [-0.4, -0.2) is 81.3 Å². The predicted octanol–water partition coefficient (Wildman–Crippen LogP) is 3.01. The van der Waals surface area contributed by atoms with Crippen LogP contribution in [0.4, 0.5) is 13.6 Å². The number of halogens is 3. The molecule has 37 heavy (non-hydrogen) atoms. The van der Waals surface area contributed by atoms with Crippen molar-refractivity contribution in [2.75, 3.05) is 46.5 Å². The van der Waals surface area contributed by atoms with Crippen molar-refractivity contribution in [1.82, 2.24) is 14.7 Å². The third-order valence-corrected chi connectivity index (χ3v) is 6.93. The maximum atomic E-state index is 14.7. The van der Waals surface area contributed by atoms with Crippen molar-refractivity contribution in [3.8, 4) is 11.5 Å². The molecule has 11 nitrogen and oxygen atoms in total. The number of hydrogen-bond donors (Lipinski definition) is 2. The first-order valence-electron chi connectivity index (χ1n) is 10.8. The number of carbonyl (C=O) groups is 2. The standard InChI is InChI=1S/C22H26ClF2N3O8S/c1-3-27(22(30)35-11-10-34-2)8-9-28(14-20(29)26-31)37(32,33)17-12-18(24)21(19(25)13-17)36-16-6-4-15(23)5-7-16/h4-7,12-13,31H,3,8-11,14H2,1-2H3,(H,26,29). The van der Waals surface area contributed by atoms with Crippen LogP contribution in [0, 0.1) is 11.6 Å². The van der Waals surface area contributed by atoms with Crippen LogP contribution in [0.3, 0.4) is 0 Å². The van der Waals surface area contributed by atoms with Crippen molar-refractivity contribution in [1.29, 1.82) is 0 Å². The number of likely N-dealkylation sites (N-methyl/N-ethyl adjacent to an activating group) is 1. The molecule has 0 aliphatic heterocycles. The zero-order valence-electron chi connectivity index (χ0n) is 19.9. The van der Waals surface area contributed by atoms with Crippen molar-refractivity contribution in [2.24, 2.45) is 0 Å². The van der Waals surface area contributed by atoms with Crippen LogP contribution in [0.25, 0.3) is 0 Å². The molecular weight excluding hydrogens is 540 g/mol. The highest BCUT2D eigenvalue weighted by Crippen LogP contribution is 2.31. The van der Waals surface area contributed by atoms with Gasteiger partial charge in [-0.1, -0.05) is 11.6 Å². The molecule has 0 aromatic heterocycles. The molecule has 2 N–H and O–H groups in total. The van der Waals surface area contributed by atoms with Gasteiger partial charge in [0.05, 0.1) is 18.0 Å². The van der Waals surface area contributed by atoms with Crippen LogP contribution in [0.2, 0.25) is 5.02 Å². The Morgan fingerprint density at radius 2 is 1.70 bits per heavy atom. The minimum absolute atomic E-state index is 0.0379. The molecule has 0 fully saturated rings. The molecule has 0 radical (unpaired) electrons. The second kappa shape index (κ2) is 14.0. The lowest BCUT2D eigenvalue weighted by Crippen LogP contribution is -2.45. The fraction of sp³-hybridized carbons (Fsp3) is 0.364. The molecule has 2 aromatic rings. The Morgan fingerprint density at radius 1 is 1.08 bits per heavy atom. The Balaban J connectivity index is 2.29. The first kappa shape index (κ1) is 30.2. The van der Waals surface area contributed by atoms with E-state index >= 15 is 0 Å².